The Bertz CT molecular complexity index is 333. The van der Waals surface area contributed by atoms with E-state index in [9.17, 15) is 4.79 Å². The van der Waals surface area contributed by atoms with Gasteiger partial charge in [0.15, 0.2) is 0 Å². The summed E-state index contributed by atoms with van der Waals surface area (Å²) in [5, 5.41) is 0. The molecule has 0 saturated carbocycles. The van der Waals surface area contributed by atoms with E-state index in [0.29, 0.717) is 18.8 Å². The molecule has 2 rings (SSSR count). The molecule has 0 N–H and O–H groups in total. The summed E-state index contributed by atoms with van der Waals surface area (Å²) in [5.74, 6) is 0.228. The van der Waals surface area contributed by atoms with Crippen molar-refractivity contribution in [1.29, 1.82) is 0 Å². The normalized spacial score (nSPS) is 21.1. The summed E-state index contributed by atoms with van der Waals surface area (Å²) in [6.07, 6.45) is 0. The summed E-state index contributed by atoms with van der Waals surface area (Å²) >= 11 is 0. The van der Waals surface area contributed by atoms with Gasteiger partial charge in [-0.25, -0.2) is 0 Å². The molecule has 2 saturated heterocycles. The van der Waals surface area contributed by atoms with Crippen molar-refractivity contribution in [3.05, 3.63) is 0 Å². The first kappa shape index (κ1) is 19.4. The standard InChI is InChI=1S/C9H17NO2.C8H17NO/c1-9(2,3)8(11)10-4-6-12-7-5-10;1-8(2,3)9-4-6-10-7-5-9/h4-7H2,1-3H3;4-7H2,1-3H3. The van der Waals surface area contributed by atoms with Crippen LogP contribution in [0, 0.1) is 5.41 Å². The number of rotatable bonds is 0. The lowest BCUT2D eigenvalue weighted by atomic mass is 9.94. The number of ether oxygens (including phenoxy) is 2. The Morgan fingerprint density at radius 2 is 1.18 bits per heavy atom. The lowest BCUT2D eigenvalue weighted by Crippen LogP contribution is -2.47. The Kier molecular flexibility index (Phi) is 7.29. The summed E-state index contributed by atoms with van der Waals surface area (Å²) in [4.78, 5) is 16.0. The smallest absolute Gasteiger partial charge is 0.228 e. The topological polar surface area (TPSA) is 42.0 Å². The zero-order valence-corrected chi connectivity index (χ0v) is 15.3. The molecular formula is C17H34N2O3. The van der Waals surface area contributed by atoms with Crippen LogP contribution in [0.4, 0.5) is 0 Å². The van der Waals surface area contributed by atoms with Gasteiger partial charge in [0.25, 0.3) is 0 Å². The van der Waals surface area contributed by atoms with Crippen LogP contribution in [0.25, 0.3) is 0 Å². The molecule has 2 fully saturated rings. The van der Waals surface area contributed by atoms with Crippen molar-refractivity contribution in [3.8, 4) is 0 Å². The van der Waals surface area contributed by atoms with E-state index in [1.165, 1.54) is 0 Å². The van der Waals surface area contributed by atoms with Gasteiger partial charge in [-0.05, 0) is 20.8 Å². The maximum absolute atomic E-state index is 11.7. The van der Waals surface area contributed by atoms with Gasteiger partial charge in [0.1, 0.15) is 0 Å². The molecule has 0 spiro atoms. The third kappa shape index (κ3) is 6.63. The van der Waals surface area contributed by atoms with Gasteiger partial charge >= 0.3 is 0 Å². The largest absolute Gasteiger partial charge is 0.379 e. The zero-order chi connectivity index (χ0) is 16.8. The summed E-state index contributed by atoms with van der Waals surface area (Å²) in [6.45, 7) is 19.4. The fourth-order valence-electron chi connectivity index (χ4n) is 2.47. The first-order chi connectivity index (χ1) is 10.1. The van der Waals surface area contributed by atoms with Crippen molar-refractivity contribution < 1.29 is 14.3 Å². The van der Waals surface area contributed by atoms with E-state index < -0.39 is 0 Å². The van der Waals surface area contributed by atoms with Crippen LogP contribution in [0.15, 0.2) is 0 Å². The van der Waals surface area contributed by atoms with Gasteiger partial charge in [-0.15, -0.1) is 0 Å². The van der Waals surface area contributed by atoms with Crippen LogP contribution in [-0.2, 0) is 14.3 Å². The quantitative estimate of drug-likeness (QED) is 0.686. The molecule has 2 aliphatic heterocycles. The van der Waals surface area contributed by atoms with E-state index in [1.54, 1.807) is 0 Å². The fraction of sp³-hybridized carbons (Fsp3) is 0.941. The summed E-state index contributed by atoms with van der Waals surface area (Å²) in [5.41, 5.74) is 0.0706. The highest BCUT2D eigenvalue weighted by Gasteiger charge is 2.28. The average Bonchev–Trinajstić information content (AvgIpc) is 2.47. The van der Waals surface area contributed by atoms with Crippen molar-refractivity contribution in [2.45, 2.75) is 47.1 Å². The third-order valence-electron chi connectivity index (χ3n) is 3.90. The number of morpholine rings is 2. The van der Waals surface area contributed by atoms with E-state index in [4.69, 9.17) is 9.47 Å². The second-order valence-corrected chi connectivity index (χ2v) is 7.92. The molecule has 0 atom stereocenters. The van der Waals surface area contributed by atoms with Crippen molar-refractivity contribution in [2.24, 2.45) is 5.41 Å². The van der Waals surface area contributed by atoms with E-state index in [-0.39, 0.29) is 11.3 Å². The molecule has 5 nitrogen and oxygen atoms in total. The number of amides is 1. The minimum atomic E-state index is -0.253. The van der Waals surface area contributed by atoms with Gasteiger partial charge < -0.3 is 14.4 Å². The lowest BCUT2D eigenvalue weighted by molar-refractivity contribution is -0.143. The number of nitrogens with zero attached hydrogens (tertiary/aromatic N) is 2. The van der Waals surface area contributed by atoms with E-state index in [2.05, 4.69) is 25.7 Å². The molecule has 0 aromatic rings. The molecule has 2 heterocycles. The molecule has 0 unspecified atom stereocenters. The SMILES string of the molecule is CC(C)(C)C(=O)N1CCOCC1.CC(C)(C)N1CCOCC1. The Morgan fingerprint density at radius 1 is 0.773 bits per heavy atom. The molecule has 5 heteroatoms. The van der Waals surface area contributed by atoms with E-state index >= 15 is 0 Å². The number of hydrogen-bond acceptors (Lipinski definition) is 4. The molecule has 0 aliphatic carbocycles. The predicted octanol–water partition coefficient (Wildman–Crippen LogP) is 2.01. The van der Waals surface area contributed by atoms with Crippen LogP contribution in [0.1, 0.15) is 41.5 Å². The van der Waals surface area contributed by atoms with Crippen LogP contribution in [0.3, 0.4) is 0 Å². The van der Waals surface area contributed by atoms with Gasteiger partial charge in [0.2, 0.25) is 5.91 Å². The molecule has 1 amide bonds. The second kappa shape index (κ2) is 8.27. The highest BCUT2D eigenvalue weighted by molar-refractivity contribution is 5.81. The molecule has 0 radical (unpaired) electrons. The van der Waals surface area contributed by atoms with Crippen LogP contribution < -0.4 is 0 Å². The molecule has 0 aromatic carbocycles. The van der Waals surface area contributed by atoms with Crippen molar-refractivity contribution in [2.75, 3.05) is 52.6 Å². The van der Waals surface area contributed by atoms with Crippen LogP contribution in [0.5, 0.6) is 0 Å². The second-order valence-electron chi connectivity index (χ2n) is 7.92. The van der Waals surface area contributed by atoms with Crippen LogP contribution in [0.2, 0.25) is 0 Å². The molecule has 0 bridgehead atoms. The van der Waals surface area contributed by atoms with Gasteiger partial charge in [0.05, 0.1) is 26.4 Å². The maximum atomic E-state index is 11.7. The number of hydrogen-bond donors (Lipinski definition) is 0. The molecule has 2 aliphatic rings. The Morgan fingerprint density at radius 3 is 1.50 bits per heavy atom. The average molecular weight is 314 g/mol. The van der Waals surface area contributed by atoms with Gasteiger partial charge in [0, 0.05) is 37.1 Å². The predicted molar refractivity (Wildman–Crippen MR) is 89.0 cm³/mol. The van der Waals surface area contributed by atoms with Gasteiger partial charge in [-0.2, -0.15) is 0 Å². The van der Waals surface area contributed by atoms with E-state index in [0.717, 1.165) is 39.4 Å². The highest BCUT2D eigenvalue weighted by atomic mass is 16.5. The number of carbonyl (C=O) groups excluding carboxylic acids is 1. The summed E-state index contributed by atoms with van der Waals surface area (Å²) in [6, 6.07) is 0. The minimum Gasteiger partial charge on any atom is -0.379 e. The first-order valence-electron chi connectivity index (χ1n) is 8.32. The Balaban J connectivity index is 0.000000224. The first-order valence-corrected chi connectivity index (χ1v) is 8.32. The lowest BCUT2D eigenvalue weighted by Gasteiger charge is -2.38. The molecule has 0 aromatic heterocycles. The maximum Gasteiger partial charge on any atom is 0.228 e. The van der Waals surface area contributed by atoms with E-state index in [1.807, 2.05) is 25.7 Å². The fourth-order valence-corrected chi connectivity index (χ4v) is 2.47. The molecule has 130 valence electrons. The van der Waals surface area contributed by atoms with Crippen molar-refractivity contribution in [3.63, 3.8) is 0 Å². The van der Waals surface area contributed by atoms with Crippen LogP contribution in [-0.4, -0.2) is 73.9 Å². The number of carbonyl (C=O) groups is 1. The van der Waals surface area contributed by atoms with Crippen molar-refractivity contribution >= 4 is 5.91 Å². The van der Waals surface area contributed by atoms with Gasteiger partial charge in [-0.1, -0.05) is 20.8 Å². The van der Waals surface area contributed by atoms with Gasteiger partial charge in [-0.3, -0.25) is 9.69 Å². The summed E-state index contributed by atoms with van der Waals surface area (Å²) in [7, 11) is 0. The minimum absolute atomic E-state index is 0.228. The zero-order valence-electron chi connectivity index (χ0n) is 15.3. The monoisotopic (exact) mass is 314 g/mol. The molecular weight excluding hydrogens is 280 g/mol. The van der Waals surface area contributed by atoms with Crippen molar-refractivity contribution in [1.82, 2.24) is 9.80 Å². The Labute approximate surface area is 135 Å². The van der Waals surface area contributed by atoms with Crippen LogP contribution >= 0.6 is 0 Å². The summed E-state index contributed by atoms with van der Waals surface area (Å²) < 4.78 is 10.4. The highest BCUT2D eigenvalue weighted by Crippen LogP contribution is 2.17. The molecule has 22 heavy (non-hydrogen) atoms. The Hall–Kier alpha value is -0.650. The third-order valence-corrected chi connectivity index (χ3v) is 3.90.